The average molecular weight is 463 g/mol. The van der Waals surface area contributed by atoms with Gasteiger partial charge in [0.1, 0.15) is 11.7 Å². The average Bonchev–Trinajstić information content (AvgIpc) is 3.27. The summed E-state index contributed by atoms with van der Waals surface area (Å²) in [6.07, 6.45) is 1.95. The van der Waals surface area contributed by atoms with Crippen LogP contribution >= 0.6 is 0 Å². The third-order valence-corrected chi connectivity index (χ3v) is 6.54. The van der Waals surface area contributed by atoms with Crippen molar-refractivity contribution in [2.45, 2.75) is 71.7 Å². The van der Waals surface area contributed by atoms with E-state index in [1.165, 1.54) is 5.56 Å². The lowest BCUT2D eigenvalue weighted by Crippen LogP contribution is -2.37. The number of rotatable bonds is 5. The number of hydrogen-bond donors (Lipinski definition) is 2. The van der Waals surface area contributed by atoms with Crippen molar-refractivity contribution in [3.63, 3.8) is 0 Å². The Kier molecular flexibility index (Phi) is 6.65. The molecule has 1 aromatic heterocycles. The van der Waals surface area contributed by atoms with Crippen LogP contribution < -0.4 is 0 Å². The molecule has 1 aliphatic carbocycles. The van der Waals surface area contributed by atoms with Gasteiger partial charge in [-0.3, -0.25) is 4.79 Å². The van der Waals surface area contributed by atoms with Gasteiger partial charge in [0, 0.05) is 5.56 Å². The van der Waals surface area contributed by atoms with Gasteiger partial charge >= 0.3 is 5.97 Å². The molecule has 0 saturated heterocycles. The molecule has 0 spiro atoms. The largest absolute Gasteiger partial charge is 0.462 e. The molecule has 4 rings (SSSR count). The van der Waals surface area contributed by atoms with Gasteiger partial charge in [0.05, 0.1) is 29.1 Å². The molecule has 1 heterocycles. The number of carbonyl (C=O) groups excluding carboxylic acids is 1. The van der Waals surface area contributed by atoms with Crippen LogP contribution in [-0.4, -0.2) is 32.1 Å². The number of hydrogen-bond acceptors (Lipinski definition) is 5. The number of nitrogens with zero attached hydrogens (tertiary/aromatic N) is 2. The van der Waals surface area contributed by atoms with Gasteiger partial charge in [-0.05, 0) is 77.1 Å². The minimum atomic E-state index is -1.08. The van der Waals surface area contributed by atoms with Crippen LogP contribution in [0.2, 0.25) is 0 Å². The summed E-state index contributed by atoms with van der Waals surface area (Å²) in [7, 11) is 0. The molecule has 1 fully saturated rings. The lowest BCUT2D eigenvalue weighted by molar-refractivity contribution is -0.163. The summed E-state index contributed by atoms with van der Waals surface area (Å²) in [5.74, 6) is -0.208. The summed E-state index contributed by atoms with van der Waals surface area (Å²) < 4.78 is 7.54. The molecule has 2 N–H and O–H groups in total. The molecule has 180 valence electrons. The highest BCUT2D eigenvalue weighted by molar-refractivity contribution is 5.75. The number of ether oxygens (including phenoxy) is 1. The minimum Gasteiger partial charge on any atom is -0.462 e. The van der Waals surface area contributed by atoms with Gasteiger partial charge in [-0.2, -0.15) is 5.10 Å². The smallest absolute Gasteiger partial charge is 0.311 e. The van der Waals surface area contributed by atoms with E-state index in [-0.39, 0.29) is 18.7 Å². The molecule has 0 amide bonds. The van der Waals surface area contributed by atoms with E-state index < -0.39 is 11.0 Å². The predicted octanol–water partition coefficient (Wildman–Crippen LogP) is 5.06. The van der Waals surface area contributed by atoms with Crippen LogP contribution in [-0.2, 0) is 21.7 Å². The molecular formula is C28H34N2O4. The fraction of sp³-hybridized carbons (Fsp3) is 0.429. The second kappa shape index (κ2) is 9.35. The highest BCUT2D eigenvalue weighted by atomic mass is 16.5. The zero-order valence-electron chi connectivity index (χ0n) is 20.4. The summed E-state index contributed by atoms with van der Waals surface area (Å²) in [6.45, 7) is 7.58. The third-order valence-electron chi connectivity index (χ3n) is 6.54. The molecule has 34 heavy (non-hydrogen) atoms. The van der Waals surface area contributed by atoms with Crippen LogP contribution in [0.1, 0.15) is 63.3 Å². The molecule has 0 aliphatic heterocycles. The Morgan fingerprint density at radius 3 is 2.26 bits per heavy atom. The Morgan fingerprint density at radius 2 is 1.71 bits per heavy atom. The molecule has 0 radical (unpaired) electrons. The summed E-state index contributed by atoms with van der Waals surface area (Å²) in [5, 5.41) is 25.8. The maximum atomic E-state index is 12.3. The van der Waals surface area contributed by atoms with Crippen molar-refractivity contribution in [3.8, 4) is 16.9 Å². The third kappa shape index (κ3) is 5.08. The number of aromatic nitrogens is 2. The molecule has 6 nitrogen and oxygen atoms in total. The highest BCUT2D eigenvalue weighted by Crippen LogP contribution is 2.40. The quantitative estimate of drug-likeness (QED) is 0.518. The Labute approximate surface area is 201 Å². The number of aryl methyl sites for hydroxylation is 1. The minimum absolute atomic E-state index is 0.0177. The zero-order chi connectivity index (χ0) is 24.5. The highest BCUT2D eigenvalue weighted by Gasteiger charge is 2.39. The number of carbonyl (C=O) groups is 1. The number of aliphatic hydroxyl groups is 2. The fourth-order valence-corrected chi connectivity index (χ4v) is 4.25. The van der Waals surface area contributed by atoms with E-state index in [9.17, 15) is 15.0 Å². The van der Waals surface area contributed by atoms with E-state index in [2.05, 4.69) is 24.3 Å². The molecule has 2 aromatic carbocycles. The number of benzene rings is 2. The van der Waals surface area contributed by atoms with Crippen LogP contribution in [0.4, 0.5) is 0 Å². The van der Waals surface area contributed by atoms with Crippen molar-refractivity contribution in [2.75, 3.05) is 0 Å². The summed E-state index contributed by atoms with van der Waals surface area (Å²) >= 11 is 0. The van der Waals surface area contributed by atoms with Crippen molar-refractivity contribution in [2.24, 2.45) is 5.41 Å². The van der Waals surface area contributed by atoms with Crippen molar-refractivity contribution in [1.82, 2.24) is 9.78 Å². The van der Waals surface area contributed by atoms with E-state index in [4.69, 9.17) is 9.84 Å². The van der Waals surface area contributed by atoms with Gasteiger partial charge in [0.25, 0.3) is 0 Å². The second-order valence-corrected chi connectivity index (χ2v) is 10.4. The Hall–Kier alpha value is -2.96. The van der Waals surface area contributed by atoms with Crippen LogP contribution in [0.15, 0.2) is 54.6 Å². The molecule has 3 aromatic rings. The number of aliphatic hydroxyl groups excluding tert-OH is 1. The normalized spacial score (nSPS) is 20.8. The Bertz CT molecular complexity index is 1130. The first-order valence-corrected chi connectivity index (χ1v) is 11.9. The molecule has 6 heteroatoms. The molecule has 1 saturated carbocycles. The van der Waals surface area contributed by atoms with E-state index in [1.54, 1.807) is 0 Å². The summed E-state index contributed by atoms with van der Waals surface area (Å²) in [4.78, 5) is 12.3. The molecule has 0 atom stereocenters. The maximum Gasteiger partial charge on any atom is 0.311 e. The summed E-state index contributed by atoms with van der Waals surface area (Å²) in [6, 6.07) is 17.8. The van der Waals surface area contributed by atoms with Crippen LogP contribution in [0.5, 0.6) is 0 Å². The van der Waals surface area contributed by atoms with Crippen LogP contribution in [0.3, 0.4) is 0 Å². The van der Waals surface area contributed by atoms with Gasteiger partial charge in [0.2, 0.25) is 0 Å². The van der Waals surface area contributed by atoms with Gasteiger partial charge in [0.15, 0.2) is 0 Å². The lowest BCUT2D eigenvalue weighted by atomic mass is 9.81. The fourth-order valence-electron chi connectivity index (χ4n) is 4.25. The summed E-state index contributed by atoms with van der Waals surface area (Å²) in [5.41, 5.74) is 3.75. The maximum absolute atomic E-state index is 12.3. The van der Waals surface area contributed by atoms with E-state index >= 15 is 0 Å². The molecule has 0 bridgehead atoms. The van der Waals surface area contributed by atoms with Crippen molar-refractivity contribution in [3.05, 3.63) is 71.4 Å². The number of esters is 1. The van der Waals surface area contributed by atoms with Gasteiger partial charge in [-0.1, -0.05) is 42.0 Å². The van der Waals surface area contributed by atoms with Crippen molar-refractivity contribution in [1.29, 1.82) is 0 Å². The first-order valence-electron chi connectivity index (χ1n) is 11.9. The first kappa shape index (κ1) is 24.2. The lowest BCUT2D eigenvalue weighted by Gasteiger charge is -2.35. The standard InChI is InChI=1S/C28H34N2O4/c1-19-5-9-21(10-6-19)24-17-25(29-30(24)22-11-7-20(18-31)8-12-22)28(33)15-13-23(14-16-28)34-26(32)27(2,3)4/h5-12,17,23,31,33H,13-16,18H2,1-4H3. The predicted molar refractivity (Wildman–Crippen MR) is 131 cm³/mol. The SMILES string of the molecule is Cc1ccc(-c2cc(C3(O)CCC(OC(=O)C(C)(C)C)CC3)nn2-c2ccc(CO)cc2)cc1. The Morgan fingerprint density at radius 1 is 1.09 bits per heavy atom. The first-order chi connectivity index (χ1) is 16.1. The van der Waals surface area contributed by atoms with Crippen LogP contribution in [0.25, 0.3) is 16.9 Å². The van der Waals surface area contributed by atoms with Gasteiger partial charge in [-0.25, -0.2) is 4.68 Å². The van der Waals surface area contributed by atoms with Crippen LogP contribution in [0, 0.1) is 12.3 Å². The van der Waals surface area contributed by atoms with E-state index in [0.717, 1.165) is 22.5 Å². The second-order valence-electron chi connectivity index (χ2n) is 10.4. The van der Waals surface area contributed by atoms with Gasteiger partial charge in [-0.15, -0.1) is 0 Å². The van der Waals surface area contributed by atoms with Gasteiger partial charge < -0.3 is 14.9 Å². The molecule has 0 unspecified atom stereocenters. The van der Waals surface area contributed by atoms with E-state index in [0.29, 0.717) is 31.4 Å². The van der Waals surface area contributed by atoms with Crippen molar-refractivity contribution < 1.29 is 19.7 Å². The van der Waals surface area contributed by atoms with E-state index in [1.807, 2.05) is 62.7 Å². The van der Waals surface area contributed by atoms with Crippen molar-refractivity contribution >= 4 is 5.97 Å². The molecular weight excluding hydrogens is 428 g/mol. The Balaban J connectivity index is 1.63. The zero-order valence-corrected chi connectivity index (χ0v) is 20.4. The molecule has 1 aliphatic rings. The monoisotopic (exact) mass is 462 g/mol. The topological polar surface area (TPSA) is 84.6 Å².